The second-order valence-corrected chi connectivity index (χ2v) is 19.2. The van der Waals surface area contributed by atoms with Crippen LogP contribution in [0.5, 0.6) is 0 Å². The summed E-state index contributed by atoms with van der Waals surface area (Å²) in [5.74, 6) is 1.51. The van der Waals surface area contributed by atoms with Gasteiger partial charge in [0.2, 0.25) is 5.78 Å². The van der Waals surface area contributed by atoms with Gasteiger partial charge in [-0.1, -0.05) is 243 Å². The van der Waals surface area contributed by atoms with Crippen molar-refractivity contribution in [3.05, 3.63) is 285 Å². The second kappa shape index (κ2) is 19.0. The molecular weight excluding hydrogens is 923 g/mol. The van der Waals surface area contributed by atoms with E-state index in [-0.39, 0.29) is 0 Å². The third-order valence-electron chi connectivity index (χ3n) is 14.6. The number of hydrogen-bond donors (Lipinski definition) is 0. The maximum Gasteiger partial charge on any atom is 0.220 e. The Hall–Kier alpha value is -10.2. The van der Waals surface area contributed by atoms with Crippen LogP contribution in [0.4, 0.5) is 0 Å². The molecule has 76 heavy (non-hydrogen) atoms. The molecule has 5 nitrogen and oxygen atoms in total. The maximum absolute atomic E-state index is 5.58. The van der Waals surface area contributed by atoms with E-state index in [1.165, 1.54) is 0 Å². The lowest BCUT2D eigenvalue weighted by Crippen LogP contribution is -2.01. The average molecular weight is 970 g/mol. The molecular formula is C71H47N5. The quantitative estimate of drug-likeness (QED) is 0.137. The summed E-state index contributed by atoms with van der Waals surface area (Å²) in [6, 6.07) is 101. The van der Waals surface area contributed by atoms with Gasteiger partial charge in [-0.25, -0.2) is 15.0 Å². The number of rotatable bonds is 10. The standard InChI is InChI=1S/C71H47N5/c1-8-23-48(24-9-1)55-39-41-62-66(45-55)75-67-46-56(40-42-65(67)76(71(75)74-62)69-58(49-25-10-2-11-26-49)37-22-38-59(69)50-27-12-3-13-28-50)68-60(51-29-14-4-15-30-51)43-57(44-61(68)52-31-16-5-17-32-52)64-47-63(53-33-18-6-19-34-53)72-70(73-64)54-35-20-7-21-36-54/h1-47H. The summed E-state index contributed by atoms with van der Waals surface area (Å²) < 4.78 is 4.78. The van der Waals surface area contributed by atoms with Crippen LogP contribution >= 0.6 is 0 Å². The van der Waals surface area contributed by atoms with Gasteiger partial charge in [0.05, 0.1) is 39.1 Å². The highest BCUT2D eigenvalue weighted by Gasteiger charge is 2.25. The molecule has 0 fully saturated rings. The zero-order valence-electron chi connectivity index (χ0n) is 41.4. The maximum atomic E-state index is 5.58. The molecule has 0 unspecified atom stereocenters. The van der Waals surface area contributed by atoms with E-state index < -0.39 is 0 Å². The third kappa shape index (κ3) is 7.95. The minimum Gasteiger partial charge on any atom is -0.277 e. The number of benzene rings is 11. The van der Waals surface area contributed by atoms with E-state index in [0.717, 1.165) is 128 Å². The normalized spacial score (nSPS) is 11.4. The van der Waals surface area contributed by atoms with Gasteiger partial charge in [0.1, 0.15) is 0 Å². The van der Waals surface area contributed by atoms with E-state index in [1.807, 2.05) is 24.3 Å². The summed E-state index contributed by atoms with van der Waals surface area (Å²) in [6.07, 6.45) is 0. The molecule has 0 spiro atoms. The number of para-hydroxylation sites is 1. The molecule has 14 aromatic rings. The van der Waals surface area contributed by atoms with Crippen LogP contribution in [0.2, 0.25) is 0 Å². The summed E-state index contributed by atoms with van der Waals surface area (Å²) in [7, 11) is 0. The van der Waals surface area contributed by atoms with Crippen molar-refractivity contribution < 1.29 is 0 Å². The Morgan fingerprint density at radius 2 is 0.684 bits per heavy atom. The Balaban J connectivity index is 1.08. The molecule has 0 aliphatic rings. The number of nitrogens with zero attached hydrogens (tertiary/aromatic N) is 5. The van der Waals surface area contributed by atoms with Crippen LogP contribution in [0.3, 0.4) is 0 Å². The van der Waals surface area contributed by atoms with Crippen molar-refractivity contribution in [2.24, 2.45) is 0 Å². The van der Waals surface area contributed by atoms with E-state index in [9.17, 15) is 0 Å². The Bertz CT molecular complexity index is 4220. The third-order valence-corrected chi connectivity index (χ3v) is 14.6. The highest BCUT2D eigenvalue weighted by atomic mass is 15.2. The van der Waals surface area contributed by atoms with Crippen molar-refractivity contribution in [3.63, 3.8) is 0 Å². The van der Waals surface area contributed by atoms with Crippen molar-refractivity contribution in [2.45, 2.75) is 0 Å². The molecule has 5 heteroatoms. The van der Waals surface area contributed by atoms with Crippen LogP contribution in [0, 0.1) is 0 Å². The Morgan fingerprint density at radius 3 is 1.21 bits per heavy atom. The molecule has 0 radical (unpaired) electrons. The van der Waals surface area contributed by atoms with Gasteiger partial charge in [0, 0.05) is 27.8 Å². The van der Waals surface area contributed by atoms with E-state index in [4.69, 9.17) is 15.0 Å². The van der Waals surface area contributed by atoms with Gasteiger partial charge in [0.15, 0.2) is 5.82 Å². The van der Waals surface area contributed by atoms with E-state index in [1.54, 1.807) is 0 Å². The van der Waals surface area contributed by atoms with Crippen LogP contribution in [-0.4, -0.2) is 23.9 Å². The molecule has 0 atom stereocenters. The molecule has 0 saturated heterocycles. The highest BCUT2D eigenvalue weighted by Crippen LogP contribution is 2.46. The topological polar surface area (TPSA) is 48.0 Å². The van der Waals surface area contributed by atoms with Crippen molar-refractivity contribution in [2.75, 3.05) is 0 Å². The number of imidazole rings is 2. The monoisotopic (exact) mass is 969 g/mol. The van der Waals surface area contributed by atoms with E-state index >= 15 is 0 Å². The molecule has 0 bridgehead atoms. The van der Waals surface area contributed by atoms with Crippen molar-refractivity contribution in [3.8, 4) is 106 Å². The van der Waals surface area contributed by atoms with Gasteiger partial charge in [-0.05, 0) is 98.1 Å². The molecule has 3 heterocycles. The SMILES string of the molecule is c1ccc(-c2ccc3nc4n(-c5c(-c6ccccc6)cccc5-c5ccccc5)c5ccc(-c6c(-c7ccccc7)cc(-c7cc(-c8ccccc8)nc(-c8ccccc8)n7)cc6-c6ccccc6)cc5n4c3c2)cc1. The Morgan fingerprint density at radius 1 is 0.250 bits per heavy atom. The minimum atomic E-state index is 0.676. The number of hydrogen-bond acceptors (Lipinski definition) is 3. The van der Waals surface area contributed by atoms with Gasteiger partial charge < -0.3 is 0 Å². The summed E-state index contributed by atoms with van der Waals surface area (Å²) in [5, 5.41) is 0. The summed E-state index contributed by atoms with van der Waals surface area (Å²) in [6.45, 7) is 0. The predicted octanol–water partition coefficient (Wildman–Crippen LogP) is 18.2. The van der Waals surface area contributed by atoms with Crippen LogP contribution < -0.4 is 0 Å². The first-order chi connectivity index (χ1) is 37.7. The summed E-state index contributed by atoms with van der Waals surface area (Å²) >= 11 is 0. The molecule has 356 valence electrons. The van der Waals surface area contributed by atoms with E-state index in [0.29, 0.717) is 5.82 Å². The smallest absolute Gasteiger partial charge is 0.220 e. The average Bonchev–Trinajstić information content (AvgIpc) is 4.18. The van der Waals surface area contributed by atoms with Gasteiger partial charge in [-0.3, -0.25) is 8.97 Å². The molecule has 0 aliphatic carbocycles. The van der Waals surface area contributed by atoms with Crippen LogP contribution in [0.1, 0.15) is 0 Å². The van der Waals surface area contributed by atoms with Gasteiger partial charge in [-0.15, -0.1) is 0 Å². The fourth-order valence-corrected chi connectivity index (χ4v) is 11.0. The fourth-order valence-electron chi connectivity index (χ4n) is 11.0. The van der Waals surface area contributed by atoms with Crippen molar-refractivity contribution in [1.82, 2.24) is 23.9 Å². The first-order valence-electron chi connectivity index (χ1n) is 25.8. The number of fused-ring (bicyclic) bond motifs is 5. The lowest BCUT2D eigenvalue weighted by Gasteiger charge is -2.20. The Kier molecular flexibility index (Phi) is 11.1. The van der Waals surface area contributed by atoms with Crippen LogP contribution in [-0.2, 0) is 0 Å². The first-order valence-corrected chi connectivity index (χ1v) is 25.8. The zero-order valence-corrected chi connectivity index (χ0v) is 41.4. The molecule has 0 aliphatic heterocycles. The van der Waals surface area contributed by atoms with Gasteiger partial charge in [0.25, 0.3) is 0 Å². The zero-order chi connectivity index (χ0) is 50.4. The largest absolute Gasteiger partial charge is 0.277 e. The summed E-state index contributed by atoms with van der Waals surface area (Å²) in [4.78, 5) is 16.1. The summed E-state index contributed by atoms with van der Waals surface area (Å²) in [5.41, 5.74) is 23.2. The molecule has 0 amide bonds. The van der Waals surface area contributed by atoms with E-state index in [2.05, 4.69) is 270 Å². The molecule has 0 N–H and O–H groups in total. The highest BCUT2D eigenvalue weighted by molar-refractivity contribution is 6.03. The van der Waals surface area contributed by atoms with Crippen molar-refractivity contribution in [1.29, 1.82) is 0 Å². The lowest BCUT2D eigenvalue weighted by molar-refractivity contribution is 1.11. The first kappa shape index (κ1) is 44.5. The molecule has 3 aromatic heterocycles. The lowest BCUT2D eigenvalue weighted by atomic mass is 9.85. The Labute approximate surface area is 441 Å². The van der Waals surface area contributed by atoms with Crippen LogP contribution in [0.25, 0.3) is 134 Å². The minimum absolute atomic E-state index is 0.676. The number of aromatic nitrogens is 5. The van der Waals surface area contributed by atoms with Gasteiger partial charge >= 0.3 is 0 Å². The fraction of sp³-hybridized carbons (Fsp3) is 0. The predicted molar refractivity (Wildman–Crippen MR) is 314 cm³/mol. The second-order valence-electron chi connectivity index (χ2n) is 19.2. The molecule has 11 aromatic carbocycles. The van der Waals surface area contributed by atoms with Crippen LogP contribution in [0.15, 0.2) is 285 Å². The van der Waals surface area contributed by atoms with Gasteiger partial charge in [-0.2, -0.15) is 0 Å². The van der Waals surface area contributed by atoms with Crippen molar-refractivity contribution >= 4 is 27.8 Å². The molecule has 0 saturated carbocycles. The molecule has 14 rings (SSSR count).